The smallest absolute Gasteiger partial charge is 0.219 e. The Labute approximate surface area is 126 Å². The van der Waals surface area contributed by atoms with Gasteiger partial charge in [0, 0.05) is 49.7 Å². The summed E-state index contributed by atoms with van der Waals surface area (Å²) in [6.07, 6.45) is 3.64. The number of rotatable bonds is 7. The van der Waals surface area contributed by atoms with E-state index in [2.05, 4.69) is 59.5 Å². The van der Waals surface area contributed by atoms with E-state index >= 15 is 0 Å². The molecule has 0 aliphatic carbocycles. The summed E-state index contributed by atoms with van der Waals surface area (Å²) in [6.45, 7) is 6.06. The Morgan fingerprint density at radius 3 is 2.76 bits per heavy atom. The Hall–Kier alpha value is -1.81. The van der Waals surface area contributed by atoms with Crippen molar-refractivity contribution in [1.82, 2.24) is 15.2 Å². The van der Waals surface area contributed by atoms with Crippen molar-refractivity contribution in [3.05, 3.63) is 36.0 Å². The van der Waals surface area contributed by atoms with Crippen LogP contribution in [0.25, 0.3) is 10.9 Å². The molecule has 2 rings (SSSR count). The van der Waals surface area contributed by atoms with Crippen LogP contribution in [0.4, 0.5) is 0 Å². The maximum Gasteiger partial charge on any atom is 0.219 e. The van der Waals surface area contributed by atoms with Crippen LogP contribution in [-0.2, 0) is 17.9 Å². The van der Waals surface area contributed by atoms with Gasteiger partial charge in [-0.15, -0.1) is 0 Å². The molecule has 1 aromatic carbocycles. The molecule has 1 amide bonds. The second kappa shape index (κ2) is 7.27. The Bertz CT molecular complexity index is 601. The van der Waals surface area contributed by atoms with Gasteiger partial charge in [-0.3, -0.25) is 4.79 Å². The molecule has 114 valence electrons. The van der Waals surface area contributed by atoms with Gasteiger partial charge >= 0.3 is 0 Å². The minimum atomic E-state index is 0.105. The lowest BCUT2D eigenvalue weighted by atomic mass is 10.1. The van der Waals surface area contributed by atoms with Gasteiger partial charge in [-0.25, -0.2) is 0 Å². The van der Waals surface area contributed by atoms with E-state index in [1.165, 1.54) is 16.5 Å². The third-order valence-electron chi connectivity index (χ3n) is 3.65. The van der Waals surface area contributed by atoms with E-state index in [0.29, 0.717) is 12.5 Å². The number of carbonyl (C=O) groups is 1. The van der Waals surface area contributed by atoms with Crippen LogP contribution >= 0.6 is 0 Å². The lowest BCUT2D eigenvalue weighted by Crippen LogP contribution is -2.21. The van der Waals surface area contributed by atoms with Crippen molar-refractivity contribution >= 4 is 16.8 Å². The number of carbonyl (C=O) groups excluding carboxylic acids is 1. The molecule has 2 N–H and O–H groups in total. The second-order valence-electron chi connectivity index (χ2n) is 5.68. The summed E-state index contributed by atoms with van der Waals surface area (Å²) < 4.78 is 2.26. The third-order valence-corrected chi connectivity index (χ3v) is 3.65. The Morgan fingerprint density at radius 2 is 2.05 bits per heavy atom. The Balaban J connectivity index is 2.13. The van der Waals surface area contributed by atoms with Crippen molar-refractivity contribution in [2.24, 2.45) is 0 Å². The highest BCUT2D eigenvalue weighted by atomic mass is 16.1. The SMILES string of the molecule is CNC(=O)CCCn1cc(CNC(C)C)c2ccccc21. The number of hydrogen-bond acceptors (Lipinski definition) is 2. The van der Waals surface area contributed by atoms with E-state index in [1.54, 1.807) is 7.05 Å². The van der Waals surface area contributed by atoms with Crippen molar-refractivity contribution in [3.63, 3.8) is 0 Å². The number of amides is 1. The van der Waals surface area contributed by atoms with Crippen molar-refractivity contribution in [3.8, 4) is 0 Å². The molecule has 0 saturated carbocycles. The normalized spacial score (nSPS) is 11.2. The van der Waals surface area contributed by atoms with Crippen LogP contribution in [-0.4, -0.2) is 23.6 Å². The average Bonchev–Trinajstić information content (AvgIpc) is 2.83. The number of fused-ring (bicyclic) bond motifs is 1. The standard InChI is InChI=1S/C17H25N3O/c1-13(2)19-11-14-12-20(10-6-9-17(21)18-3)16-8-5-4-7-15(14)16/h4-5,7-8,12-13,19H,6,9-11H2,1-3H3,(H,18,21). The van der Waals surface area contributed by atoms with Crippen LogP contribution in [0.15, 0.2) is 30.5 Å². The van der Waals surface area contributed by atoms with Gasteiger partial charge in [-0.2, -0.15) is 0 Å². The molecule has 0 bridgehead atoms. The van der Waals surface area contributed by atoms with E-state index < -0.39 is 0 Å². The van der Waals surface area contributed by atoms with Crippen molar-refractivity contribution < 1.29 is 4.79 Å². The zero-order valence-electron chi connectivity index (χ0n) is 13.1. The monoisotopic (exact) mass is 287 g/mol. The largest absolute Gasteiger partial charge is 0.359 e. The van der Waals surface area contributed by atoms with Crippen LogP contribution in [0.3, 0.4) is 0 Å². The molecule has 0 saturated heterocycles. The highest BCUT2D eigenvalue weighted by Crippen LogP contribution is 2.22. The number of benzene rings is 1. The summed E-state index contributed by atoms with van der Waals surface area (Å²) in [5, 5.41) is 7.44. The first-order valence-corrected chi connectivity index (χ1v) is 7.62. The molecule has 0 aliphatic rings. The second-order valence-corrected chi connectivity index (χ2v) is 5.68. The Kier molecular flexibility index (Phi) is 5.39. The first-order valence-electron chi connectivity index (χ1n) is 7.62. The van der Waals surface area contributed by atoms with Gasteiger partial charge in [0.15, 0.2) is 0 Å². The quantitative estimate of drug-likeness (QED) is 0.822. The van der Waals surface area contributed by atoms with E-state index in [4.69, 9.17) is 0 Å². The highest BCUT2D eigenvalue weighted by Gasteiger charge is 2.08. The maximum absolute atomic E-state index is 11.3. The van der Waals surface area contributed by atoms with Gasteiger partial charge in [-0.05, 0) is 18.1 Å². The fourth-order valence-corrected chi connectivity index (χ4v) is 2.50. The van der Waals surface area contributed by atoms with Crippen LogP contribution in [0.5, 0.6) is 0 Å². The van der Waals surface area contributed by atoms with Gasteiger partial charge in [0.2, 0.25) is 5.91 Å². The van der Waals surface area contributed by atoms with E-state index in [1.807, 2.05) is 0 Å². The number of aromatic nitrogens is 1. The number of hydrogen-bond donors (Lipinski definition) is 2. The molecule has 2 aromatic rings. The fraction of sp³-hybridized carbons (Fsp3) is 0.471. The summed E-state index contributed by atoms with van der Waals surface area (Å²) in [7, 11) is 1.68. The number of nitrogens with one attached hydrogen (secondary N) is 2. The average molecular weight is 287 g/mol. The minimum Gasteiger partial charge on any atom is -0.359 e. The van der Waals surface area contributed by atoms with Gasteiger partial charge in [-0.1, -0.05) is 32.0 Å². The summed E-state index contributed by atoms with van der Waals surface area (Å²) in [4.78, 5) is 11.3. The lowest BCUT2D eigenvalue weighted by Gasteiger charge is -2.06. The third kappa shape index (κ3) is 4.08. The van der Waals surface area contributed by atoms with E-state index in [-0.39, 0.29) is 5.91 Å². The van der Waals surface area contributed by atoms with Gasteiger partial charge < -0.3 is 15.2 Å². The van der Waals surface area contributed by atoms with Crippen LogP contribution in [0.2, 0.25) is 0 Å². The topological polar surface area (TPSA) is 46.1 Å². The maximum atomic E-state index is 11.3. The Morgan fingerprint density at radius 1 is 1.29 bits per heavy atom. The molecule has 0 fully saturated rings. The molecule has 0 atom stereocenters. The van der Waals surface area contributed by atoms with Gasteiger partial charge in [0.05, 0.1) is 0 Å². The lowest BCUT2D eigenvalue weighted by molar-refractivity contribution is -0.120. The number of para-hydroxylation sites is 1. The molecule has 21 heavy (non-hydrogen) atoms. The van der Waals surface area contributed by atoms with Crippen LogP contribution < -0.4 is 10.6 Å². The predicted octanol–water partition coefficient (Wildman–Crippen LogP) is 2.67. The minimum absolute atomic E-state index is 0.105. The summed E-state index contributed by atoms with van der Waals surface area (Å²) in [6, 6.07) is 8.93. The molecule has 4 nitrogen and oxygen atoms in total. The summed E-state index contributed by atoms with van der Waals surface area (Å²) in [5.41, 5.74) is 2.56. The molecule has 0 radical (unpaired) electrons. The molecular weight excluding hydrogens is 262 g/mol. The first-order chi connectivity index (χ1) is 10.1. The van der Waals surface area contributed by atoms with Gasteiger partial charge in [0.1, 0.15) is 0 Å². The predicted molar refractivity (Wildman–Crippen MR) is 87.2 cm³/mol. The van der Waals surface area contributed by atoms with Crippen molar-refractivity contribution in [1.29, 1.82) is 0 Å². The zero-order valence-corrected chi connectivity index (χ0v) is 13.1. The molecule has 0 unspecified atom stereocenters. The summed E-state index contributed by atoms with van der Waals surface area (Å²) >= 11 is 0. The van der Waals surface area contributed by atoms with Crippen LogP contribution in [0.1, 0.15) is 32.3 Å². The fourth-order valence-electron chi connectivity index (χ4n) is 2.50. The number of aryl methyl sites for hydroxylation is 1. The van der Waals surface area contributed by atoms with E-state index in [0.717, 1.165) is 19.5 Å². The molecule has 1 heterocycles. The molecule has 0 spiro atoms. The molecular formula is C17H25N3O. The zero-order chi connectivity index (χ0) is 15.2. The van der Waals surface area contributed by atoms with Gasteiger partial charge in [0.25, 0.3) is 0 Å². The number of nitrogens with zero attached hydrogens (tertiary/aromatic N) is 1. The molecule has 1 aromatic heterocycles. The first kappa shape index (κ1) is 15.6. The molecule has 4 heteroatoms. The molecule has 0 aliphatic heterocycles. The van der Waals surface area contributed by atoms with Crippen molar-refractivity contribution in [2.45, 2.75) is 45.8 Å². The van der Waals surface area contributed by atoms with Crippen LogP contribution in [0, 0.1) is 0 Å². The van der Waals surface area contributed by atoms with E-state index in [9.17, 15) is 4.79 Å². The highest BCUT2D eigenvalue weighted by molar-refractivity contribution is 5.84. The summed E-state index contributed by atoms with van der Waals surface area (Å²) in [5.74, 6) is 0.105. The van der Waals surface area contributed by atoms with Crippen molar-refractivity contribution in [2.75, 3.05) is 7.05 Å².